The molecule has 1 aromatic heterocycles. The van der Waals surface area contributed by atoms with Gasteiger partial charge in [0.1, 0.15) is 0 Å². The summed E-state index contributed by atoms with van der Waals surface area (Å²) in [5.74, 6) is -0.235. The Morgan fingerprint density at radius 3 is 2.81 bits per heavy atom. The molecule has 0 bridgehead atoms. The summed E-state index contributed by atoms with van der Waals surface area (Å²) in [6, 6.07) is 8.43. The fraction of sp³-hybridized carbons (Fsp3) is 0.375. The zero-order valence-electron chi connectivity index (χ0n) is 12.2. The van der Waals surface area contributed by atoms with Crippen LogP contribution < -0.4 is 10.9 Å². The first-order chi connectivity index (χ1) is 10.0. The van der Waals surface area contributed by atoms with Crippen LogP contribution in [0.1, 0.15) is 30.6 Å². The number of hydrogen-bond acceptors (Lipinski definition) is 3. The van der Waals surface area contributed by atoms with Gasteiger partial charge in [-0.3, -0.25) is 9.59 Å². The second kappa shape index (κ2) is 6.54. The Hall–Kier alpha value is -2.14. The molecule has 0 aliphatic rings. The first-order valence-electron chi connectivity index (χ1n) is 7.11. The van der Waals surface area contributed by atoms with Gasteiger partial charge < -0.3 is 15.4 Å². The number of H-pyrrole nitrogens is 1. The van der Waals surface area contributed by atoms with Crippen molar-refractivity contribution in [1.82, 2.24) is 10.3 Å². The summed E-state index contributed by atoms with van der Waals surface area (Å²) < 4.78 is 0. The van der Waals surface area contributed by atoms with Crippen LogP contribution in [0.15, 0.2) is 35.1 Å². The normalized spacial score (nSPS) is 13.9. The van der Waals surface area contributed by atoms with E-state index in [0.717, 1.165) is 6.42 Å². The lowest BCUT2D eigenvalue weighted by Crippen LogP contribution is -2.35. The van der Waals surface area contributed by atoms with E-state index in [0.29, 0.717) is 16.5 Å². The highest BCUT2D eigenvalue weighted by Crippen LogP contribution is 2.14. The largest absolute Gasteiger partial charge is 0.391 e. The number of nitrogens with one attached hydrogen (secondary N) is 2. The van der Waals surface area contributed by atoms with E-state index in [4.69, 9.17) is 0 Å². The minimum atomic E-state index is -0.591. The first kappa shape index (κ1) is 15.3. The van der Waals surface area contributed by atoms with Crippen LogP contribution in [0.2, 0.25) is 0 Å². The van der Waals surface area contributed by atoms with Crippen molar-refractivity contribution in [2.24, 2.45) is 5.92 Å². The van der Waals surface area contributed by atoms with E-state index in [1.165, 1.54) is 6.07 Å². The van der Waals surface area contributed by atoms with E-state index in [9.17, 15) is 14.7 Å². The van der Waals surface area contributed by atoms with Crippen LogP contribution in [-0.4, -0.2) is 28.6 Å². The van der Waals surface area contributed by atoms with Crippen molar-refractivity contribution in [3.05, 3.63) is 46.2 Å². The molecule has 0 aliphatic heterocycles. The highest BCUT2D eigenvalue weighted by atomic mass is 16.3. The number of para-hydroxylation sites is 1. The third kappa shape index (κ3) is 3.49. The Morgan fingerprint density at radius 1 is 1.38 bits per heavy atom. The molecular formula is C16H20N2O3. The Kier molecular flexibility index (Phi) is 4.75. The number of carbonyl (C=O) groups is 1. The number of aromatic nitrogens is 1. The topological polar surface area (TPSA) is 82.2 Å². The average molecular weight is 288 g/mol. The SMILES string of the molecule is CCC(C)C(O)CNC(=O)c1cc(=O)[nH]c2ccccc12. The van der Waals surface area contributed by atoms with Crippen molar-refractivity contribution in [3.8, 4) is 0 Å². The zero-order valence-corrected chi connectivity index (χ0v) is 12.2. The molecule has 2 unspecified atom stereocenters. The second-order valence-corrected chi connectivity index (χ2v) is 5.26. The fourth-order valence-corrected chi connectivity index (χ4v) is 2.16. The minimum absolute atomic E-state index is 0.112. The number of aliphatic hydroxyl groups excluding tert-OH is 1. The molecule has 0 saturated carbocycles. The Labute approximate surface area is 123 Å². The van der Waals surface area contributed by atoms with Crippen molar-refractivity contribution in [2.45, 2.75) is 26.4 Å². The number of amides is 1. The molecule has 5 heteroatoms. The number of carbonyl (C=O) groups excluding carboxylic acids is 1. The monoisotopic (exact) mass is 288 g/mol. The predicted octanol–water partition coefficient (Wildman–Crippen LogP) is 1.66. The van der Waals surface area contributed by atoms with Crippen LogP contribution in [0, 0.1) is 5.92 Å². The summed E-state index contributed by atoms with van der Waals surface area (Å²) in [4.78, 5) is 26.6. The molecule has 1 heterocycles. The van der Waals surface area contributed by atoms with E-state index in [2.05, 4.69) is 10.3 Å². The molecule has 0 fully saturated rings. The predicted molar refractivity (Wildman–Crippen MR) is 82.4 cm³/mol. The van der Waals surface area contributed by atoms with Crippen molar-refractivity contribution < 1.29 is 9.90 Å². The lowest BCUT2D eigenvalue weighted by Gasteiger charge is -2.17. The van der Waals surface area contributed by atoms with Crippen LogP contribution in [0.4, 0.5) is 0 Å². The van der Waals surface area contributed by atoms with E-state index in [-0.39, 0.29) is 23.9 Å². The molecule has 2 atom stereocenters. The van der Waals surface area contributed by atoms with Gasteiger partial charge >= 0.3 is 0 Å². The van der Waals surface area contributed by atoms with Crippen molar-refractivity contribution in [3.63, 3.8) is 0 Å². The van der Waals surface area contributed by atoms with E-state index >= 15 is 0 Å². The first-order valence-corrected chi connectivity index (χ1v) is 7.11. The van der Waals surface area contributed by atoms with Gasteiger partial charge in [0.2, 0.25) is 5.56 Å². The number of benzene rings is 1. The van der Waals surface area contributed by atoms with E-state index < -0.39 is 6.10 Å². The lowest BCUT2D eigenvalue weighted by molar-refractivity contribution is 0.0851. The second-order valence-electron chi connectivity index (χ2n) is 5.26. The average Bonchev–Trinajstić information content (AvgIpc) is 2.50. The highest BCUT2D eigenvalue weighted by Gasteiger charge is 2.16. The van der Waals surface area contributed by atoms with Gasteiger partial charge in [-0.15, -0.1) is 0 Å². The Balaban J connectivity index is 2.22. The Bertz CT molecular complexity index is 693. The summed E-state index contributed by atoms with van der Waals surface area (Å²) in [6.07, 6.45) is 0.248. The van der Waals surface area contributed by atoms with Gasteiger partial charge in [0.25, 0.3) is 5.91 Å². The maximum Gasteiger partial charge on any atom is 0.252 e. The molecule has 2 aromatic rings. The molecule has 5 nitrogen and oxygen atoms in total. The van der Waals surface area contributed by atoms with E-state index in [1.807, 2.05) is 19.9 Å². The summed E-state index contributed by atoms with van der Waals surface area (Å²) in [7, 11) is 0. The molecule has 0 spiro atoms. The smallest absolute Gasteiger partial charge is 0.252 e. The number of aromatic amines is 1. The standard InChI is InChI=1S/C16H20N2O3/c1-3-10(2)14(19)9-17-16(21)12-8-15(20)18-13-7-5-4-6-11(12)13/h4-8,10,14,19H,3,9H2,1-2H3,(H,17,21)(H,18,20). The lowest BCUT2D eigenvalue weighted by atomic mass is 10.0. The number of hydrogen-bond donors (Lipinski definition) is 3. The van der Waals surface area contributed by atoms with Gasteiger partial charge in [-0.25, -0.2) is 0 Å². The van der Waals surface area contributed by atoms with Crippen LogP contribution in [0.3, 0.4) is 0 Å². The number of rotatable bonds is 5. The zero-order chi connectivity index (χ0) is 15.4. The van der Waals surface area contributed by atoms with Gasteiger partial charge in [-0.2, -0.15) is 0 Å². The van der Waals surface area contributed by atoms with Crippen LogP contribution in [0.25, 0.3) is 10.9 Å². The summed E-state index contributed by atoms with van der Waals surface area (Å²) >= 11 is 0. The summed E-state index contributed by atoms with van der Waals surface area (Å²) in [5, 5.41) is 13.3. The van der Waals surface area contributed by atoms with Gasteiger partial charge in [0.15, 0.2) is 0 Å². The van der Waals surface area contributed by atoms with Crippen molar-refractivity contribution in [2.75, 3.05) is 6.54 Å². The molecule has 112 valence electrons. The molecule has 0 saturated heterocycles. The molecule has 3 N–H and O–H groups in total. The Morgan fingerprint density at radius 2 is 2.10 bits per heavy atom. The molecule has 2 rings (SSSR count). The molecule has 21 heavy (non-hydrogen) atoms. The molecular weight excluding hydrogens is 268 g/mol. The van der Waals surface area contributed by atoms with Gasteiger partial charge in [-0.05, 0) is 12.0 Å². The quantitative estimate of drug-likeness (QED) is 0.782. The van der Waals surface area contributed by atoms with Crippen LogP contribution >= 0.6 is 0 Å². The number of pyridine rings is 1. The third-order valence-corrected chi connectivity index (χ3v) is 3.77. The summed E-state index contributed by atoms with van der Waals surface area (Å²) in [5.41, 5.74) is 0.629. The fourth-order valence-electron chi connectivity index (χ4n) is 2.16. The van der Waals surface area contributed by atoms with Crippen LogP contribution in [-0.2, 0) is 0 Å². The highest BCUT2D eigenvalue weighted by molar-refractivity contribution is 6.05. The van der Waals surface area contributed by atoms with Crippen molar-refractivity contribution in [1.29, 1.82) is 0 Å². The van der Waals surface area contributed by atoms with E-state index in [1.54, 1.807) is 18.2 Å². The summed E-state index contributed by atoms with van der Waals surface area (Å²) in [6.45, 7) is 4.09. The van der Waals surface area contributed by atoms with Gasteiger partial charge in [0.05, 0.1) is 11.7 Å². The third-order valence-electron chi connectivity index (χ3n) is 3.77. The van der Waals surface area contributed by atoms with Gasteiger partial charge in [0, 0.05) is 23.5 Å². The van der Waals surface area contributed by atoms with Crippen molar-refractivity contribution >= 4 is 16.8 Å². The maximum atomic E-state index is 12.3. The molecule has 0 radical (unpaired) electrons. The maximum absolute atomic E-state index is 12.3. The molecule has 1 aromatic carbocycles. The minimum Gasteiger partial charge on any atom is -0.391 e. The van der Waals surface area contributed by atoms with Crippen LogP contribution in [0.5, 0.6) is 0 Å². The number of fused-ring (bicyclic) bond motifs is 1. The molecule has 1 amide bonds. The molecule has 0 aliphatic carbocycles. The van der Waals surface area contributed by atoms with Gasteiger partial charge in [-0.1, -0.05) is 38.5 Å². The number of aliphatic hydroxyl groups is 1.